The number of nitrogens with one attached hydrogen (secondary N) is 2. The van der Waals surface area contributed by atoms with Crippen LogP contribution in [-0.4, -0.2) is 20.9 Å². The predicted molar refractivity (Wildman–Crippen MR) is 137 cm³/mol. The Morgan fingerprint density at radius 3 is 2.50 bits per heavy atom. The van der Waals surface area contributed by atoms with Crippen molar-refractivity contribution < 1.29 is 4.79 Å². The van der Waals surface area contributed by atoms with Crippen LogP contribution in [0.25, 0.3) is 43.8 Å². The summed E-state index contributed by atoms with van der Waals surface area (Å²) < 4.78 is 0. The maximum Gasteiger partial charge on any atom is 0.250 e. The molecular weight excluding hydrogens is 422 g/mol. The molecule has 164 valence electrons. The van der Waals surface area contributed by atoms with Crippen LogP contribution >= 0.6 is 0 Å². The van der Waals surface area contributed by atoms with Crippen molar-refractivity contribution in [2.24, 2.45) is 5.73 Å². The molecule has 0 aliphatic heterocycles. The van der Waals surface area contributed by atoms with E-state index < -0.39 is 5.91 Å². The van der Waals surface area contributed by atoms with Gasteiger partial charge in [0.05, 0.1) is 16.6 Å². The van der Waals surface area contributed by atoms with E-state index in [9.17, 15) is 4.79 Å². The Labute approximate surface area is 195 Å². The largest absolute Gasteiger partial charge is 0.366 e. The number of rotatable bonds is 4. The van der Waals surface area contributed by atoms with Gasteiger partial charge in [-0.1, -0.05) is 48.5 Å². The number of amides is 1. The highest BCUT2D eigenvalue weighted by Gasteiger charge is 2.18. The average Bonchev–Trinajstić information content (AvgIpc) is 3.25. The van der Waals surface area contributed by atoms with Crippen LogP contribution in [-0.2, 0) is 0 Å². The summed E-state index contributed by atoms with van der Waals surface area (Å²) in [5.41, 5.74) is 12.9. The smallest absolute Gasteiger partial charge is 0.250 e. The topological polar surface area (TPSA) is 96.7 Å². The van der Waals surface area contributed by atoms with Gasteiger partial charge in [-0.2, -0.15) is 0 Å². The quantitative estimate of drug-likeness (QED) is 0.307. The number of hydrogen-bond donors (Lipinski definition) is 3. The second-order valence-corrected chi connectivity index (χ2v) is 8.29. The lowest BCUT2D eigenvalue weighted by Crippen LogP contribution is -2.11. The molecule has 34 heavy (non-hydrogen) atoms. The molecule has 2 aromatic heterocycles. The van der Waals surface area contributed by atoms with Crippen LogP contribution in [0.1, 0.15) is 15.9 Å². The number of carbonyl (C=O) groups excluding carboxylic acids is 1. The second-order valence-electron chi connectivity index (χ2n) is 8.29. The van der Waals surface area contributed by atoms with E-state index in [-0.39, 0.29) is 0 Å². The van der Waals surface area contributed by atoms with E-state index in [1.54, 1.807) is 12.4 Å². The van der Waals surface area contributed by atoms with Crippen LogP contribution in [0.4, 0.5) is 11.5 Å². The molecule has 6 nitrogen and oxygen atoms in total. The number of hydrogen-bond acceptors (Lipinski definition) is 4. The number of aromatic amines is 1. The molecule has 0 saturated heterocycles. The second kappa shape index (κ2) is 7.71. The lowest BCUT2D eigenvalue weighted by atomic mass is 9.93. The van der Waals surface area contributed by atoms with Gasteiger partial charge in [-0.25, -0.2) is 9.97 Å². The minimum absolute atomic E-state index is 0.453. The minimum atomic E-state index is -0.453. The molecule has 1 amide bonds. The van der Waals surface area contributed by atoms with Crippen molar-refractivity contribution in [3.05, 3.63) is 96.3 Å². The Hall–Kier alpha value is -4.71. The van der Waals surface area contributed by atoms with Gasteiger partial charge in [-0.3, -0.25) is 4.79 Å². The van der Waals surface area contributed by atoms with Crippen molar-refractivity contribution in [3.63, 3.8) is 0 Å². The van der Waals surface area contributed by atoms with E-state index in [0.29, 0.717) is 5.56 Å². The van der Waals surface area contributed by atoms with Crippen LogP contribution in [0.5, 0.6) is 0 Å². The molecule has 6 aromatic rings. The number of H-pyrrole nitrogens is 1. The first-order valence-corrected chi connectivity index (χ1v) is 11.0. The Morgan fingerprint density at radius 1 is 0.853 bits per heavy atom. The van der Waals surface area contributed by atoms with Crippen LogP contribution in [0.15, 0.2) is 85.2 Å². The van der Waals surface area contributed by atoms with Gasteiger partial charge in [0.2, 0.25) is 0 Å². The molecule has 6 rings (SSSR count). The molecule has 4 aromatic carbocycles. The molecule has 0 aliphatic rings. The number of primary amides is 1. The summed E-state index contributed by atoms with van der Waals surface area (Å²) in [6.45, 7) is 2.09. The fourth-order valence-corrected chi connectivity index (χ4v) is 4.68. The number of aromatic nitrogens is 3. The normalized spacial score (nSPS) is 11.3. The molecule has 0 aliphatic carbocycles. The predicted octanol–water partition coefficient (Wildman–Crippen LogP) is 6.08. The molecule has 0 unspecified atom stereocenters. The zero-order valence-electron chi connectivity index (χ0n) is 18.5. The van der Waals surface area contributed by atoms with Gasteiger partial charge in [0.15, 0.2) is 0 Å². The summed E-state index contributed by atoms with van der Waals surface area (Å²) in [5.74, 6) is 0.304. The molecule has 6 heteroatoms. The average molecular weight is 444 g/mol. The Bertz CT molecular complexity index is 1730. The van der Waals surface area contributed by atoms with Gasteiger partial charge in [0.1, 0.15) is 12.1 Å². The third-order valence-corrected chi connectivity index (χ3v) is 6.35. The molecule has 0 fully saturated rings. The number of nitrogens with zero attached hydrogens (tertiary/aromatic N) is 2. The van der Waals surface area contributed by atoms with E-state index in [0.717, 1.165) is 60.9 Å². The van der Waals surface area contributed by atoms with Gasteiger partial charge in [0, 0.05) is 27.4 Å². The van der Waals surface area contributed by atoms with Crippen LogP contribution in [0.2, 0.25) is 0 Å². The number of para-hydroxylation sites is 2. The van der Waals surface area contributed by atoms with Gasteiger partial charge in [0.25, 0.3) is 5.91 Å². The van der Waals surface area contributed by atoms with Gasteiger partial charge >= 0.3 is 0 Å². The number of anilines is 2. The van der Waals surface area contributed by atoms with E-state index >= 15 is 0 Å². The standard InChI is InChI=1S/C28H21N5O/c1-16-17(9-6-12-22(16)33-28-20-8-3-4-10-23(20)30-15-31-28)18-13-14-21(27(29)34)26-25(18)19-7-2-5-11-24(19)32-26/h2-15,32H,1H3,(H2,29,34)(H,30,31,33). The van der Waals surface area contributed by atoms with Crippen molar-refractivity contribution in [1.82, 2.24) is 15.0 Å². The lowest BCUT2D eigenvalue weighted by molar-refractivity contribution is 0.100. The first-order valence-electron chi connectivity index (χ1n) is 11.0. The summed E-state index contributed by atoms with van der Waals surface area (Å²) in [5, 5.41) is 6.50. The zero-order chi connectivity index (χ0) is 23.2. The monoisotopic (exact) mass is 443 g/mol. The molecule has 0 atom stereocenters. The van der Waals surface area contributed by atoms with Crippen molar-refractivity contribution in [3.8, 4) is 11.1 Å². The summed E-state index contributed by atoms with van der Waals surface area (Å²) in [6.07, 6.45) is 1.57. The SMILES string of the molecule is Cc1c(Nc2ncnc3ccccc23)cccc1-c1ccc(C(N)=O)c2[nH]c3ccccc3c12. The third-order valence-electron chi connectivity index (χ3n) is 6.35. The van der Waals surface area contributed by atoms with Crippen LogP contribution in [0, 0.1) is 6.92 Å². The minimum Gasteiger partial charge on any atom is -0.366 e. The Balaban J connectivity index is 1.55. The lowest BCUT2D eigenvalue weighted by Gasteiger charge is -2.15. The highest BCUT2D eigenvalue weighted by atomic mass is 16.1. The zero-order valence-corrected chi connectivity index (χ0v) is 18.5. The number of benzene rings is 4. The first-order chi connectivity index (χ1) is 16.6. The van der Waals surface area contributed by atoms with Gasteiger partial charge < -0.3 is 16.0 Å². The highest BCUT2D eigenvalue weighted by molar-refractivity contribution is 6.20. The summed E-state index contributed by atoms with van der Waals surface area (Å²) in [4.78, 5) is 24.4. The first kappa shape index (κ1) is 19.9. The number of carbonyl (C=O) groups is 1. The fourth-order valence-electron chi connectivity index (χ4n) is 4.68. The molecule has 0 bridgehead atoms. The maximum absolute atomic E-state index is 12.2. The van der Waals surface area contributed by atoms with E-state index in [1.165, 1.54) is 0 Å². The molecule has 0 spiro atoms. The summed E-state index contributed by atoms with van der Waals surface area (Å²) >= 11 is 0. The Morgan fingerprint density at radius 2 is 1.65 bits per heavy atom. The van der Waals surface area contributed by atoms with Crippen molar-refractivity contribution in [2.75, 3.05) is 5.32 Å². The molecule has 0 radical (unpaired) electrons. The van der Waals surface area contributed by atoms with Gasteiger partial charge in [-0.15, -0.1) is 0 Å². The third kappa shape index (κ3) is 3.08. The maximum atomic E-state index is 12.2. The van der Waals surface area contributed by atoms with E-state index in [4.69, 9.17) is 5.73 Å². The number of nitrogens with two attached hydrogens (primary N) is 1. The van der Waals surface area contributed by atoms with Crippen molar-refractivity contribution in [2.45, 2.75) is 6.92 Å². The van der Waals surface area contributed by atoms with E-state index in [1.807, 2.05) is 60.7 Å². The molecule has 2 heterocycles. The summed E-state index contributed by atoms with van der Waals surface area (Å²) in [7, 11) is 0. The highest BCUT2D eigenvalue weighted by Crippen LogP contribution is 2.39. The van der Waals surface area contributed by atoms with Crippen molar-refractivity contribution >= 4 is 50.1 Å². The fraction of sp³-hybridized carbons (Fsp3) is 0.0357. The van der Waals surface area contributed by atoms with Crippen LogP contribution in [0.3, 0.4) is 0 Å². The van der Waals surface area contributed by atoms with Gasteiger partial charge in [-0.05, 0) is 53.9 Å². The Kier molecular flexibility index (Phi) is 4.52. The van der Waals surface area contributed by atoms with E-state index in [2.05, 4.69) is 39.3 Å². The molecule has 0 saturated carbocycles. The summed E-state index contributed by atoms with van der Waals surface area (Å²) in [6, 6.07) is 25.9. The van der Waals surface area contributed by atoms with Crippen molar-refractivity contribution in [1.29, 1.82) is 0 Å². The molecule has 4 N–H and O–H groups in total. The molecular formula is C28H21N5O. The number of fused-ring (bicyclic) bond motifs is 4. The van der Waals surface area contributed by atoms with Crippen LogP contribution < -0.4 is 11.1 Å².